The van der Waals surface area contributed by atoms with E-state index in [0.29, 0.717) is 25.1 Å². The van der Waals surface area contributed by atoms with E-state index in [4.69, 9.17) is 9.52 Å². The van der Waals surface area contributed by atoms with Crippen LogP contribution in [0.1, 0.15) is 46.3 Å². The van der Waals surface area contributed by atoms with E-state index in [-0.39, 0.29) is 11.3 Å². The van der Waals surface area contributed by atoms with Gasteiger partial charge in [0.1, 0.15) is 17.1 Å². The minimum absolute atomic E-state index is 0.0169. The number of benzene rings is 1. The summed E-state index contributed by atoms with van der Waals surface area (Å²) in [5.74, 6) is -0.305. The van der Waals surface area contributed by atoms with Crippen molar-refractivity contribution in [2.24, 2.45) is 0 Å². The van der Waals surface area contributed by atoms with E-state index in [1.54, 1.807) is 6.92 Å². The topological polar surface area (TPSA) is 97.4 Å². The molecule has 3 rings (SSSR count). The van der Waals surface area contributed by atoms with E-state index in [1.807, 2.05) is 24.3 Å². The third kappa shape index (κ3) is 3.33. The van der Waals surface area contributed by atoms with E-state index in [1.165, 1.54) is 6.07 Å². The number of imidazole rings is 1. The number of hydrogen-bond acceptors (Lipinski definition) is 4. The van der Waals surface area contributed by atoms with Gasteiger partial charge in [-0.25, -0.2) is 9.78 Å². The molecule has 1 aromatic carbocycles. The molecule has 2 heterocycles. The molecule has 3 aromatic rings. The van der Waals surface area contributed by atoms with Gasteiger partial charge in [-0.2, -0.15) is 0 Å². The molecule has 2 N–H and O–H groups in total. The Labute approximate surface area is 150 Å². The van der Waals surface area contributed by atoms with Gasteiger partial charge in [0.15, 0.2) is 5.76 Å². The first-order valence-electron chi connectivity index (χ1n) is 8.63. The van der Waals surface area contributed by atoms with E-state index >= 15 is 0 Å². The number of carboxylic acid groups (broad SMARTS) is 1. The van der Waals surface area contributed by atoms with Crippen molar-refractivity contribution < 1.29 is 19.1 Å². The highest BCUT2D eigenvalue weighted by Crippen LogP contribution is 2.17. The van der Waals surface area contributed by atoms with Gasteiger partial charge in [-0.1, -0.05) is 19.1 Å². The number of amides is 1. The highest BCUT2D eigenvalue weighted by Gasteiger charge is 2.20. The first-order chi connectivity index (χ1) is 12.5. The van der Waals surface area contributed by atoms with Gasteiger partial charge in [0.2, 0.25) is 0 Å². The molecule has 0 saturated heterocycles. The Morgan fingerprint density at radius 2 is 2.04 bits per heavy atom. The number of furan rings is 1. The monoisotopic (exact) mass is 355 g/mol. The summed E-state index contributed by atoms with van der Waals surface area (Å²) in [7, 11) is 0. The molecule has 0 aliphatic heterocycles. The third-order valence-corrected chi connectivity index (χ3v) is 4.27. The second kappa shape index (κ2) is 7.43. The van der Waals surface area contributed by atoms with Gasteiger partial charge in [-0.15, -0.1) is 0 Å². The van der Waals surface area contributed by atoms with Gasteiger partial charge in [0, 0.05) is 32.0 Å². The fourth-order valence-electron chi connectivity index (χ4n) is 3.03. The SMILES string of the molecule is CCc1oc(C(=O)NCCc2nc3ccccc3n2CC)cc1C(=O)O. The van der Waals surface area contributed by atoms with E-state index in [0.717, 1.165) is 23.4 Å². The summed E-state index contributed by atoms with van der Waals surface area (Å²) in [6.45, 7) is 5.01. The summed E-state index contributed by atoms with van der Waals surface area (Å²) in [5, 5.41) is 11.9. The van der Waals surface area contributed by atoms with Gasteiger partial charge in [-0.05, 0) is 19.1 Å². The fourth-order valence-corrected chi connectivity index (χ4v) is 3.03. The largest absolute Gasteiger partial charge is 0.478 e. The summed E-state index contributed by atoms with van der Waals surface area (Å²) in [6, 6.07) is 9.19. The molecule has 2 aromatic heterocycles. The Bertz CT molecular complexity index is 955. The zero-order valence-electron chi connectivity index (χ0n) is 14.8. The highest BCUT2D eigenvalue weighted by molar-refractivity contribution is 5.96. The van der Waals surface area contributed by atoms with Crippen LogP contribution in [0.15, 0.2) is 34.7 Å². The lowest BCUT2D eigenvalue weighted by Crippen LogP contribution is -2.26. The Hall–Kier alpha value is -3.09. The van der Waals surface area contributed by atoms with Crippen LogP contribution in [0.5, 0.6) is 0 Å². The molecule has 0 fully saturated rings. The van der Waals surface area contributed by atoms with Gasteiger partial charge in [0.25, 0.3) is 5.91 Å². The molecule has 0 atom stereocenters. The van der Waals surface area contributed by atoms with Crippen LogP contribution in [0.4, 0.5) is 0 Å². The molecule has 0 saturated carbocycles. The molecule has 7 nitrogen and oxygen atoms in total. The second-order valence-electron chi connectivity index (χ2n) is 5.87. The lowest BCUT2D eigenvalue weighted by Gasteiger charge is -2.06. The van der Waals surface area contributed by atoms with Crippen molar-refractivity contribution in [1.82, 2.24) is 14.9 Å². The average Bonchev–Trinajstić information content (AvgIpc) is 3.22. The van der Waals surface area contributed by atoms with Crippen molar-refractivity contribution in [3.8, 4) is 0 Å². The van der Waals surface area contributed by atoms with Crippen LogP contribution >= 0.6 is 0 Å². The predicted molar refractivity (Wildman–Crippen MR) is 96.5 cm³/mol. The summed E-state index contributed by atoms with van der Waals surface area (Å²) < 4.78 is 7.49. The number of rotatable bonds is 7. The Balaban J connectivity index is 1.68. The van der Waals surface area contributed by atoms with Gasteiger partial charge in [0.05, 0.1) is 11.0 Å². The number of nitrogens with zero attached hydrogens (tertiary/aromatic N) is 2. The molecule has 26 heavy (non-hydrogen) atoms. The molecule has 0 spiro atoms. The number of carbonyl (C=O) groups excluding carboxylic acids is 1. The smallest absolute Gasteiger partial charge is 0.339 e. The summed E-state index contributed by atoms with van der Waals surface area (Å²) in [5.41, 5.74) is 2.03. The third-order valence-electron chi connectivity index (χ3n) is 4.27. The van der Waals surface area contributed by atoms with Crippen molar-refractivity contribution in [2.75, 3.05) is 6.54 Å². The van der Waals surface area contributed by atoms with Crippen LogP contribution in [-0.2, 0) is 19.4 Å². The number of fused-ring (bicyclic) bond motifs is 1. The molecule has 0 unspecified atom stereocenters. The van der Waals surface area contributed by atoms with Crippen LogP contribution < -0.4 is 5.32 Å². The Kier molecular flexibility index (Phi) is 5.06. The zero-order chi connectivity index (χ0) is 18.7. The number of hydrogen-bond donors (Lipinski definition) is 2. The number of carbonyl (C=O) groups is 2. The maximum atomic E-state index is 12.2. The summed E-state index contributed by atoms with van der Waals surface area (Å²) in [4.78, 5) is 28.0. The first-order valence-corrected chi connectivity index (χ1v) is 8.63. The minimum Gasteiger partial charge on any atom is -0.478 e. The number of nitrogens with one attached hydrogen (secondary N) is 1. The Morgan fingerprint density at radius 3 is 2.69 bits per heavy atom. The average molecular weight is 355 g/mol. The van der Waals surface area contributed by atoms with Crippen LogP contribution in [0, 0.1) is 0 Å². The number of aromatic carboxylic acids is 1. The van der Waals surface area contributed by atoms with Crippen LogP contribution in [0.3, 0.4) is 0 Å². The van der Waals surface area contributed by atoms with Crippen LogP contribution in [0.25, 0.3) is 11.0 Å². The zero-order valence-corrected chi connectivity index (χ0v) is 14.8. The number of para-hydroxylation sites is 2. The molecule has 0 bridgehead atoms. The first kappa shape index (κ1) is 17.7. The quantitative estimate of drug-likeness (QED) is 0.679. The van der Waals surface area contributed by atoms with Gasteiger partial charge >= 0.3 is 5.97 Å². The normalized spacial score (nSPS) is 11.0. The van der Waals surface area contributed by atoms with E-state index in [9.17, 15) is 9.59 Å². The van der Waals surface area contributed by atoms with Crippen molar-refractivity contribution >= 4 is 22.9 Å². The lowest BCUT2D eigenvalue weighted by atomic mass is 10.2. The molecular weight excluding hydrogens is 334 g/mol. The number of carboxylic acids is 1. The lowest BCUT2D eigenvalue weighted by molar-refractivity contribution is 0.0694. The van der Waals surface area contributed by atoms with Gasteiger partial charge < -0.3 is 19.4 Å². The van der Waals surface area contributed by atoms with Crippen molar-refractivity contribution in [2.45, 2.75) is 33.2 Å². The highest BCUT2D eigenvalue weighted by atomic mass is 16.4. The molecule has 136 valence electrons. The van der Waals surface area contributed by atoms with Crippen LogP contribution in [0.2, 0.25) is 0 Å². The molecule has 1 amide bonds. The number of aromatic nitrogens is 2. The van der Waals surface area contributed by atoms with Crippen LogP contribution in [-0.4, -0.2) is 33.1 Å². The standard InChI is InChI=1S/C19H21N3O4/c1-3-15-12(19(24)25)11-16(26-15)18(23)20-10-9-17-21-13-7-5-6-8-14(13)22(17)4-2/h5-8,11H,3-4,9-10H2,1-2H3,(H,20,23)(H,24,25). The summed E-state index contributed by atoms with van der Waals surface area (Å²) in [6.07, 6.45) is 0.983. The van der Waals surface area contributed by atoms with E-state index in [2.05, 4.69) is 21.8 Å². The molecule has 0 aliphatic carbocycles. The van der Waals surface area contributed by atoms with Gasteiger partial charge in [-0.3, -0.25) is 4.79 Å². The minimum atomic E-state index is -1.10. The van der Waals surface area contributed by atoms with Crippen molar-refractivity contribution in [3.05, 3.63) is 53.2 Å². The molecule has 7 heteroatoms. The summed E-state index contributed by atoms with van der Waals surface area (Å²) >= 11 is 0. The second-order valence-corrected chi connectivity index (χ2v) is 5.87. The van der Waals surface area contributed by atoms with Crippen molar-refractivity contribution in [1.29, 1.82) is 0 Å². The molecule has 0 radical (unpaired) electrons. The number of aryl methyl sites for hydroxylation is 2. The Morgan fingerprint density at radius 1 is 1.27 bits per heavy atom. The van der Waals surface area contributed by atoms with E-state index < -0.39 is 11.9 Å². The fraction of sp³-hybridized carbons (Fsp3) is 0.316. The maximum Gasteiger partial charge on any atom is 0.339 e. The van der Waals surface area contributed by atoms with Crippen molar-refractivity contribution in [3.63, 3.8) is 0 Å². The maximum absolute atomic E-state index is 12.2. The predicted octanol–water partition coefficient (Wildman–Crippen LogP) is 2.88. The molecular formula is C19H21N3O4. The molecule has 0 aliphatic rings.